The monoisotopic (exact) mass is 262 g/mol. The molecule has 10 heteroatoms. The lowest BCUT2D eigenvalue weighted by molar-refractivity contribution is -0.106. The Morgan fingerprint density at radius 1 is 1.44 bits per heavy atom. The second-order valence-corrected chi connectivity index (χ2v) is 3.48. The van der Waals surface area contributed by atoms with Crippen LogP contribution in [0.4, 0.5) is 4.79 Å². The maximum Gasteiger partial charge on any atom is 0.323 e. The van der Waals surface area contributed by atoms with Crippen LogP contribution in [0.3, 0.4) is 0 Å². The molecule has 102 valence electrons. The smallest absolute Gasteiger partial charge is 0.323 e. The van der Waals surface area contributed by atoms with Gasteiger partial charge < -0.3 is 31.1 Å². The van der Waals surface area contributed by atoms with E-state index in [9.17, 15) is 19.8 Å². The van der Waals surface area contributed by atoms with E-state index >= 15 is 0 Å². The van der Waals surface area contributed by atoms with Crippen molar-refractivity contribution in [3.05, 3.63) is 0 Å². The van der Waals surface area contributed by atoms with E-state index in [-0.39, 0.29) is 6.41 Å². The van der Waals surface area contributed by atoms with E-state index in [0.29, 0.717) is 0 Å². The fraction of sp³-hybridized carbons (Fsp3) is 0.625. The number of aliphatic hydroxyl groups excluding tert-OH is 3. The molecule has 0 aromatic rings. The molecule has 0 aromatic heterocycles. The molecule has 4 atom stereocenters. The average Bonchev–Trinajstić information content (AvgIpc) is 2.57. The van der Waals surface area contributed by atoms with E-state index in [4.69, 9.17) is 15.6 Å². The number of amides is 3. The van der Waals surface area contributed by atoms with Gasteiger partial charge in [0.25, 0.3) is 0 Å². The van der Waals surface area contributed by atoms with E-state index in [1.165, 1.54) is 0 Å². The molecule has 18 heavy (non-hydrogen) atoms. The second kappa shape index (κ2) is 6.26. The molecule has 1 aliphatic rings. The molecular weight excluding hydrogens is 248 g/mol. The van der Waals surface area contributed by atoms with Crippen LogP contribution in [-0.4, -0.2) is 64.9 Å². The van der Waals surface area contributed by atoms with Crippen LogP contribution in [0.2, 0.25) is 0 Å². The van der Waals surface area contributed by atoms with Crippen molar-refractivity contribution in [2.45, 2.75) is 24.5 Å². The zero-order valence-electron chi connectivity index (χ0n) is 9.18. The molecule has 0 aliphatic carbocycles. The highest BCUT2D eigenvalue weighted by Crippen LogP contribution is 2.18. The van der Waals surface area contributed by atoms with E-state index in [1.54, 1.807) is 0 Å². The molecule has 3 amide bonds. The normalized spacial score (nSPS) is 32.1. The fourth-order valence-corrected chi connectivity index (χ4v) is 1.39. The number of carbonyl (C=O) groups excluding carboxylic acids is 2. The number of nitrogens with one attached hydrogen (secondary N) is 2. The van der Waals surface area contributed by atoms with Crippen LogP contribution in [-0.2, 0) is 9.53 Å². The maximum absolute atomic E-state index is 11.3. The molecule has 7 N–H and O–H groups in total. The Balaban J connectivity index is 2.50. The zero-order chi connectivity index (χ0) is 13.7. The quantitative estimate of drug-likeness (QED) is 0.172. The Labute approximate surface area is 101 Å². The molecule has 1 aliphatic heterocycles. The molecule has 0 spiro atoms. The third-order valence-electron chi connectivity index (χ3n) is 2.25. The van der Waals surface area contributed by atoms with Crippen molar-refractivity contribution in [3.63, 3.8) is 0 Å². The highest BCUT2D eigenvalue weighted by molar-refractivity contribution is 5.97. The van der Waals surface area contributed by atoms with Gasteiger partial charge in [-0.15, -0.1) is 0 Å². The number of ether oxygens (including phenoxy) is 1. The van der Waals surface area contributed by atoms with E-state index < -0.39 is 43.1 Å². The third-order valence-corrected chi connectivity index (χ3v) is 2.25. The Kier molecular flexibility index (Phi) is 4.97. The molecule has 1 rings (SSSR count). The third kappa shape index (κ3) is 3.37. The Bertz CT molecular complexity index is 348. The van der Waals surface area contributed by atoms with Gasteiger partial charge in [0.1, 0.15) is 18.3 Å². The van der Waals surface area contributed by atoms with Gasteiger partial charge in [-0.3, -0.25) is 10.1 Å². The minimum Gasteiger partial charge on any atom is -0.394 e. The predicted molar refractivity (Wildman–Crippen MR) is 57.1 cm³/mol. The summed E-state index contributed by atoms with van der Waals surface area (Å²) in [6.45, 7) is -0.507. The summed E-state index contributed by atoms with van der Waals surface area (Å²) in [6, 6.07) is -0.882. The number of nitrogens with two attached hydrogens (primary N) is 1. The van der Waals surface area contributed by atoms with Crippen molar-refractivity contribution >= 4 is 18.4 Å². The molecule has 0 radical (unpaired) electrons. The highest BCUT2D eigenvalue weighted by Gasteiger charge is 2.43. The minimum absolute atomic E-state index is 0.141. The molecule has 10 nitrogen and oxygen atoms in total. The first-order valence-corrected chi connectivity index (χ1v) is 4.96. The molecule has 0 saturated carbocycles. The van der Waals surface area contributed by atoms with Gasteiger partial charge >= 0.3 is 6.03 Å². The van der Waals surface area contributed by atoms with Crippen molar-refractivity contribution < 1.29 is 29.6 Å². The van der Waals surface area contributed by atoms with Crippen molar-refractivity contribution in [2.75, 3.05) is 6.61 Å². The van der Waals surface area contributed by atoms with Crippen molar-refractivity contribution in [2.24, 2.45) is 10.7 Å². The van der Waals surface area contributed by atoms with Gasteiger partial charge in [-0.05, 0) is 0 Å². The van der Waals surface area contributed by atoms with E-state index in [1.807, 2.05) is 5.32 Å². The Morgan fingerprint density at radius 2 is 2.11 bits per heavy atom. The molecule has 1 saturated heterocycles. The van der Waals surface area contributed by atoms with Crippen LogP contribution in [0.5, 0.6) is 0 Å². The molecule has 1 fully saturated rings. The number of hydrogen-bond acceptors (Lipinski definition) is 6. The fourth-order valence-electron chi connectivity index (χ4n) is 1.39. The average molecular weight is 262 g/mol. The van der Waals surface area contributed by atoms with Crippen LogP contribution in [0, 0.1) is 0 Å². The summed E-state index contributed by atoms with van der Waals surface area (Å²) in [6.07, 6.45) is -4.77. The first-order chi connectivity index (χ1) is 8.49. The first-order valence-electron chi connectivity index (χ1n) is 4.96. The standard InChI is InChI=1S/C8H14N4O6/c9-7(10-2-14)12-8(17)11-6-5(16)4(15)3(1-13)18-6/h2-6,13,15-16H,1H2,(H4,9,10,11,12,14,17)/t3-,4-,5-,6-/m1/s1. The summed E-state index contributed by atoms with van der Waals surface area (Å²) >= 11 is 0. The van der Waals surface area contributed by atoms with Gasteiger partial charge in [0, 0.05) is 0 Å². The van der Waals surface area contributed by atoms with Crippen LogP contribution < -0.4 is 16.4 Å². The van der Waals surface area contributed by atoms with Crippen LogP contribution in [0.1, 0.15) is 0 Å². The summed E-state index contributed by atoms with van der Waals surface area (Å²) in [5, 5.41) is 31.9. The lowest BCUT2D eigenvalue weighted by Crippen LogP contribution is -2.50. The van der Waals surface area contributed by atoms with Gasteiger partial charge in [-0.1, -0.05) is 0 Å². The van der Waals surface area contributed by atoms with Gasteiger partial charge in [0.05, 0.1) is 6.61 Å². The van der Waals surface area contributed by atoms with Crippen LogP contribution in [0.25, 0.3) is 0 Å². The summed E-state index contributed by atoms with van der Waals surface area (Å²) in [5.41, 5.74) is 5.13. The van der Waals surface area contributed by atoms with Gasteiger partial charge in [-0.2, -0.15) is 4.99 Å². The number of carbonyl (C=O) groups is 2. The molecule has 0 bridgehead atoms. The first kappa shape index (κ1) is 14.3. The van der Waals surface area contributed by atoms with E-state index in [0.717, 1.165) is 0 Å². The van der Waals surface area contributed by atoms with Crippen LogP contribution >= 0.6 is 0 Å². The summed E-state index contributed by atoms with van der Waals surface area (Å²) in [4.78, 5) is 24.3. The second-order valence-electron chi connectivity index (χ2n) is 3.48. The number of urea groups is 1. The minimum atomic E-state index is -1.39. The number of aliphatic hydroxyl groups is 3. The molecule has 1 heterocycles. The summed E-state index contributed by atoms with van der Waals surface area (Å²) in [7, 11) is 0. The molecule has 0 unspecified atom stereocenters. The topological polar surface area (TPSA) is 166 Å². The SMILES string of the molecule is NC(=NC=O)NC(=O)N[C@@H]1O[C@H](CO)[C@@H](O)[C@H]1O. The lowest BCUT2D eigenvalue weighted by atomic mass is 10.1. The number of aliphatic imine (C=N–C) groups is 1. The number of guanidine groups is 1. The predicted octanol–water partition coefficient (Wildman–Crippen LogP) is -3.80. The maximum atomic E-state index is 11.3. The van der Waals surface area contributed by atoms with Crippen LogP contribution in [0.15, 0.2) is 4.99 Å². The number of hydrogen-bond donors (Lipinski definition) is 6. The molecular formula is C8H14N4O6. The molecule has 0 aromatic carbocycles. The Hall–Kier alpha value is -1.75. The van der Waals surface area contributed by atoms with Gasteiger partial charge in [0.15, 0.2) is 6.23 Å². The van der Waals surface area contributed by atoms with Crippen molar-refractivity contribution in [1.29, 1.82) is 0 Å². The Morgan fingerprint density at radius 3 is 2.61 bits per heavy atom. The number of nitrogens with zero attached hydrogens (tertiary/aromatic N) is 1. The largest absolute Gasteiger partial charge is 0.394 e. The summed E-state index contributed by atoms with van der Waals surface area (Å²) in [5.74, 6) is -0.436. The summed E-state index contributed by atoms with van der Waals surface area (Å²) < 4.78 is 4.98. The van der Waals surface area contributed by atoms with Gasteiger partial charge in [0.2, 0.25) is 12.4 Å². The van der Waals surface area contributed by atoms with Crippen molar-refractivity contribution in [3.8, 4) is 0 Å². The number of rotatable bonds is 3. The zero-order valence-corrected chi connectivity index (χ0v) is 9.18. The van der Waals surface area contributed by atoms with Crippen molar-refractivity contribution in [1.82, 2.24) is 10.6 Å². The highest BCUT2D eigenvalue weighted by atomic mass is 16.6. The van der Waals surface area contributed by atoms with E-state index in [2.05, 4.69) is 10.3 Å². The van der Waals surface area contributed by atoms with Gasteiger partial charge in [-0.25, -0.2) is 4.79 Å². The lowest BCUT2D eigenvalue weighted by Gasteiger charge is -2.16.